The van der Waals surface area contributed by atoms with E-state index in [2.05, 4.69) is 6.92 Å². The van der Waals surface area contributed by atoms with Crippen LogP contribution in [0.2, 0.25) is 0 Å². The predicted octanol–water partition coefficient (Wildman–Crippen LogP) is 4.19. The van der Waals surface area contributed by atoms with Crippen molar-refractivity contribution < 1.29 is 24.9 Å². The lowest BCUT2D eigenvalue weighted by molar-refractivity contribution is -0.137. The lowest BCUT2D eigenvalue weighted by Gasteiger charge is -2.15. The van der Waals surface area contributed by atoms with Gasteiger partial charge in [0, 0.05) is 18.8 Å². The minimum Gasteiger partial charge on any atom is -0.501 e. The normalized spacial score (nSPS) is 21.5. The molecule has 26 heavy (non-hydrogen) atoms. The van der Waals surface area contributed by atoms with Crippen molar-refractivity contribution in [3.63, 3.8) is 0 Å². The Balaban J connectivity index is 2.49. The number of aliphatic hydroxyl groups is 2. The first-order valence-electron chi connectivity index (χ1n) is 10.00. The molecule has 5 nitrogen and oxygen atoms in total. The number of rotatable bonds is 14. The van der Waals surface area contributed by atoms with E-state index >= 15 is 0 Å². The summed E-state index contributed by atoms with van der Waals surface area (Å²) in [5, 5.41) is 29.0. The monoisotopic (exact) mass is 368 g/mol. The molecule has 5 heteroatoms. The van der Waals surface area contributed by atoms with Gasteiger partial charge in [-0.2, -0.15) is 0 Å². The number of hydrogen-bond donors (Lipinski definition) is 3. The number of aliphatic hydroxyl groups excluding tert-OH is 2. The fourth-order valence-corrected chi connectivity index (χ4v) is 3.52. The van der Waals surface area contributed by atoms with E-state index in [1.54, 1.807) is 7.11 Å². The minimum absolute atomic E-state index is 0.0395. The molecule has 0 heterocycles. The van der Waals surface area contributed by atoms with E-state index in [1.165, 1.54) is 0 Å². The first kappa shape index (κ1) is 22.7. The largest absolute Gasteiger partial charge is 0.501 e. The highest BCUT2D eigenvalue weighted by atomic mass is 16.5. The molecule has 0 aromatic heterocycles. The van der Waals surface area contributed by atoms with E-state index in [1.807, 2.05) is 12.2 Å². The van der Waals surface area contributed by atoms with Crippen LogP contribution in [0.15, 0.2) is 23.5 Å². The van der Waals surface area contributed by atoms with Crippen LogP contribution in [0.5, 0.6) is 0 Å². The lowest BCUT2D eigenvalue weighted by atomic mass is 9.93. The number of ether oxygens (including phenoxy) is 1. The number of unbranched alkanes of at least 4 members (excludes halogenated alkanes) is 4. The van der Waals surface area contributed by atoms with E-state index in [9.17, 15) is 15.0 Å². The average molecular weight is 369 g/mol. The molecule has 0 saturated heterocycles. The molecule has 0 radical (unpaired) electrons. The first-order chi connectivity index (χ1) is 12.5. The van der Waals surface area contributed by atoms with Gasteiger partial charge >= 0.3 is 5.97 Å². The Morgan fingerprint density at radius 3 is 2.65 bits per heavy atom. The fraction of sp³-hybridized carbons (Fsp3) is 0.762. The number of carboxylic acids is 1. The predicted molar refractivity (Wildman–Crippen MR) is 103 cm³/mol. The summed E-state index contributed by atoms with van der Waals surface area (Å²) >= 11 is 0. The summed E-state index contributed by atoms with van der Waals surface area (Å²) in [7, 11) is 1.65. The van der Waals surface area contributed by atoms with E-state index < -0.39 is 12.1 Å². The molecule has 0 saturated carbocycles. The molecule has 0 aliphatic heterocycles. The van der Waals surface area contributed by atoms with Crippen molar-refractivity contribution in [2.45, 2.75) is 89.8 Å². The second-order valence-electron chi connectivity index (χ2n) is 7.22. The number of methoxy groups -OCH3 is 1. The molecule has 0 bridgehead atoms. The average Bonchev–Trinajstić information content (AvgIpc) is 2.91. The molecule has 0 unspecified atom stereocenters. The number of carbonyl (C=O) groups is 1. The highest BCUT2D eigenvalue weighted by Gasteiger charge is 2.32. The van der Waals surface area contributed by atoms with Crippen molar-refractivity contribution >= 4 is 5.97 Å². The molecule has 150 valence electrons. The summed E-state index contributed by atoms with van der Waals surface area (Å²) in [6, 6.07) is 0. The van der Waals surface area contributed by atoms with Gasteiger partial charge < -0.3 is 20.1 Å². The smallest absolute Gasteiger partial charge is 0.303 e. The van der Waals surface area contributed by atoms with E-state index in [0.29, 0.717) is 19.3 Å². The Morgan fingerprint density at radius 1 is 1.27 bits per heavy atom. The van der Waals surface area contributed by atoms with Crippen molar-refractivity contribution in [3.8, 4) is 0 Å². The van der Waals surface area contributed by atoms with Crippen LogP contribution in [0.25, 0.3) is 0 Å². The van der Waals surface area contributed by atoms with Crippen LogP contribution in [0.1, 0.15) is 77.6 Å². The highest BCUT2D eigenvalue weighted by Crippen LogP contribution is 2.37. The van der Waals surface area contributed by atoms with Gasteiger partial charge in [0.2, 0.25) is 0 Å². The third kappa shape index (κ3) is 8.37. The zero-order valence-corrected chi connectivity index (χ0v) is 16.3. The highest BCUT2D eigenvalue weighted by molar-refractivity contribution is 5.66. The minimum atomic E-state index is -0.736. The van der Waals surface area contributed by atoms with Crippen LogP contribution < -0.4 is 0 Å². The molecular weight excluding hydrogens is 332 g/mol. The van der Waals surface area contributed by atoms with Crippen LogP contribution in [0.3, 0.4) is 0 Å². The summed E-state index contributed by atoms with van der Waals surface area (Å²) in [5.41, 5.74) is 1.15. The molecule has 0 aromatic carbocycles. The first-order valence-corrected chi connectivity index (χ1v) is 10.00. The third-order valence-electron chi connectivity index (χ3n) is 5.05. The third-order valence-corrected chi connectivity index (χ3v) is 5.05. The number of carboxylic acid groups (broad SMARTS) is 1. The van der Waals surface area contributed by atoms with Gasteiger partial charge in [0.25, 0.3) is 0 Å². The van der Waals surface area contributed by atoms with Crippen molar-refractivity contribution in [1.29, 1.82) is 0 Å². The van der Waals surface area contributed by atoms with Crippen LogP contribution in [0.4, 0.5) is 0 Å². The standard InChI is InChI=1S/C21H36O5/c1-3-4-10-16(22)11-9-13-17-18(20(26-2)15-19(17)23)12-7-5-6-8-14-21(24)25/h9,13,16-17,19,22-23H,3-8,10-12,14-15H2,1-2H3,(H,24,25)/b13-9+/t16-,17+,19+/m0/s1. The summed E-state index contributed by atoms with van der Waals surface area (Å²) in [5.74, 6) is 0.103. The van der Waals surface area contributed by atoms with Crippen LogP contribution in [-0.2, 0) is 9.53 Å². The van der Waals surface area contributed by atoms with Crippen LogP contribution in [-0.4, -0.2) is 40.6 Å². The summed E-state index contributed by atoms with van der Waals surface area (Å²) in [6.07, 6.45) is 12.0. The number of aliphatic carboxylic acids is 1. The Hall–Kier alpha value is -1.33. The summed E-state index contributed by atoms with van der Waals surface area (Å²) in [6.45, 7) is 2.11. The maximum atomic E-state index is 10.5. The maximum Gasteiger partial charge on any atom is 0.303 e. The second kappa shape index (κ2) is 12.9. The second-order valence-corrected chi connectivity index (χ2v) is 7.22. The van der Waals surface area contributed by atoms with Crippen LogP contribution in [0, 0.1) is 5.92 Å². The van der Waals surface area contributed by atoms with Crippen molar-refractivity contribution in [2.75, 3.05) is 7.11 Å². The molecule has 1 aliphatic carbocycles. The fourth-order valence-electron chi connectivity index (χ4n) is 3.52. The van der Waals surface area contributed by atoms with Gasteiger partial charge in [-0.3, -0.25) is 4.79 Å². The quantitative estimate of drug-likeness (QED) is 0.316. The van der Waals surface area contributed by atoms with Gasteiger partial charge in [0.15, 0.2) is 0 Å². The van der Waals surface area contributed by atoms with E-state index in [0.717, 1.165) is 56.3 Å². The maximum absolute atomic E-state index is 10.5. The Morgan fingerprint density at radius 2 is 2.00 bits per heavy atom. The summed E-state index contributed by atoms with van der Waals surface area (Å²) in [4.78, 5) is 10.5. The Bertz CT molecular complexity index is 469. The molecule has 3 atom stereocenters. The van der Waals surface area contributed by atoms with E-state index in [4.69, 9.17) is 9.84 Å². The van der Waals surface area contributed by atoms with Gasteiger partial charge in [-0.15, -0.1) is 0 Å². The van der Waals surface area contributed by atoms with Crippen molar-refractivity contribution in [1.82, 2.24) is 0 Å². The van der Waals surface area contributed by atoms with Crippen LogP contribution >= 0.6 is 0 Å². The zero-order valence-electron chi connectivity index (χ0n) is 16.3. The molecular formula is C21H36O5. The zero-order chi connectivity index (χ0) is 19.4. The SMILES string of the molecule is CCCC[C@H](O)C/C=C/[C@@H]1C(CCCCCCC(=O)O)=C(OC)C[C@H]1O. The molecule has 0 amide bonds. The molecule has 1 aliphatic rings. The molecule has 0 fully saturated rings. The van der Waals surface area contributed by atoms with Crippen molar-refractivity contribution in [3.05, 3.63) is 23.5 Å². The van der Waals surface area contributed by atoms with E-state index in [-0.39, 0.29) is 18.4 Å². The molecule has 3 N–H and O–H groups in total. The number of hydrogen-bond acceptors (Lipinski definition) is 4. The van der Waals surface area contributed by atoms with Gasteiger partial charge in [-0.25, -0.2) is 0 Å². The molecule has 1 rings (SSSR count). The molecule has 0 aromatic rings. The Kier molecular flexibility index (Phi) is 11.3. The summed E-state index contributed by atoms with van der Waals surface area (Å²) < 4.78 is 5.47. The topological polar surface area (TPSA) is 87.0 Å². The van der Waals surface area contributed by atoms with Gasteiger partial charge in [-0.05, 0) is 37.7 Å². The van der Waals surface area contributed by atoms with Gasteiger partial charge in [0.05, 0.1) is 25.1 Å². The van der Waals surface area contributed by atoms with Crippen molar-refractivity contribution in [2.24, 2.45) is 5.92 Å². The van der Waals surface area contributed by atoms with Gasteiger partial charge in [-0.1, -0.05) is 44.8 Å². The van der Waals surface area contributed by atoms with Gasteiger partial charge in [0.1, 0.15) is 0 Å². The molecule has 0 spiro atoms. The lowest BCUT2D eigenvalue weighted by Crippen LogP contribution is -2.14. The Labute approximate surface area is 157 Å².